The maximum absolute atomic E-state index is 14.6. The first-order valence-corrected chi connectivity index (χ1v) is 21.7. The van der Waals surface area contributed by atoms with Crippen molar-refractivity contribution in [1.29, 1.82) is 0 Å². The Bertz CT molecular complexity index is 1700. The predicted molar refractivity (Wildman–Crippen MR) is 237 cm³/mol. The zero-order valence-corrected chi connectivity index (χ0v) is 39.1. The molecule has 0 aromatic heterocycles. The van der Waals surface area contributed by atoms with Gasteiger partial charge in [0.25, 0.3) is 0 Å². The summed E-state index contributed by atoms with van der Waals surface area (Å²) in [7, 11) is 7.20. The molecule has 1 aliphatic heterocycles. The number of nitrogens with two attached hydrogens (primary N) is 2. The second-order valence-electron chi connectivity index (χ2n) is 17.9. The lowest BCUT2D eigenvalue weighted by molar-refractivity contribution is -0.146. The molecule has 348 valence electrons. The first kappa shape index (κ1) is 52.9. The van der Waals surface area contributed by atoms with Crippen LogP contribution >= 0.6 is 0 Å². The number of nitrogens with zero attached hydrogens (tertiary/aromatic N) is 6. The first-order chi connectivity index (χ1) is 28.9. The molecule has 0 radical (unpaired) electrons. The lowest BCUT2D eigenvalue weighted by Crippen LogP contribution is -2.61. The third kappa shape index (κ3) is 15.0. The SMILES string of the molecule is CC(C)C[C@H](NC(=O)[C@H](Cc1ccccc1)N(C)C(=O)[C@H](CC(C)C)N(C)C(=O)NC(=O)[C@H](C)N(C)C(=O)[C@H](N)C(=O)N1CCCCC1)N(C)C(=O)N(C)[C@@H](CC(C)C)C(N)=O. The summed E-state index contributed by atoms with van der Waals surface area (Å²) in [5.41, 5.74) is 12.5. The summed E-state index contributed by atoms with van der Waals surface area (Å²) < 4.78 is 0. The van der Waals surface area contributed by atoms with Crippen LogP contribution in [0, 0.1) is 17.8 Å². The summed E-state index contributed by atoms with van der Waals surface area (Å²) in [6.07, 6.45) is 2.70. The Hall–Kier alpha value is -5.26. The third-order valence-corrected chi connectivity index (χ3v) is 11.5. The maximum Gasteiger partial charge on any atom is 0.324 e. The molecule has 1 heterocycles. The van der Waals surface area contributed by atoms with Gasteiger partial charge in [0.15, 0.2) is 6.04 Å². The summed E-state index contributed by atoms with van der Waals surface area (Å²) in [5.74, 6) is -3.97. The van der Waals surface area contributed by atoms with Crippen molar-refractivity contribution in [2.24, 2.45) is 29.2 Å². The highest BCUT2D eigenvalue weighted by atomic mass is 16.2. The van der Waals surface area contributed by atoms with Crippen LogP contribution in [-0.4, -0.2) is 162 Å². The smallest absolute Gasteiger partial charge is 0.324 e. The lowest BCUT2D eigenvalue weighted by Gasteiger charge is -2.38. The number of carbonyl (C=O) groups excluding carboxylic acids is 8. The van der Waals surface area contributed by atoms with Crippen LogP contribution in [0.25, 0.3) is 0 Å². The van der Waals surface area contributed by atoms with E-state index in [1.54, 1.807) is 4.90 Å². The fraction of sp³-hybridized carbons (Fsp3) is 0.682. The monoisotopic (exact) mass is 871 g/mol. The molecule has 10 amide bonds. The van der Waals surface area contributed by atoms with Crippen molar-refractivity contribution < 1.29 is 38.4 Å². The Morgan fingerprint density at radius 3 is 1.68 bits per heavy atom. The van der Waals surface area contributed by atoms with Crippen LogP contribution in [0.2, 0.25) is 0 Å². The molecule has 0 aliphatic carbocycles. The minimum atomic E-state index is -1.51. The number of primary amides is 1. The van der Waals surface area contributed by atoms with Crippen LogP contribution in [-0.2, 0) is 35.2 Å². The lowest BCUT2D eigenvalue weighted by atomic mass is 9.98. The number of likely N-dealkylation sites (N-methyl/N-ethyl adjacent to an activating group) is 4. The van der Waals surface area contributed by atoms with Crippen molar-refractivity contribution in [3.05, 3.63) is 35.9 Å². The maximum atomic E-state index is 14.6. The molecule has 2 rings (SSSR count). The minimum Gasteiger partial charge on any atom is -0.368 e. The number of hydrogen-bond donors (Lipinski definition) is 4. The largest absolute Gasteiger partial charge is 0.368 e. The molecule has 18 heteroatoms. The topological polar surface area (TPSA) is 232 Å². The Morgan fingerprint density at radius 1 is 0.629 bits per heavy atom. The molecule has 1 aromatic carbocycles. The van der Waals surface area contributed by atoms with Crippen LogP contribution < -0.4 is 22.1 Å². The second kappa shape index (κ2) is 24.4. The molecule has 1 aliphatic rings. The van der Waals surface area contributed by atoms with E-state index in [0.29, 0.717) is 25.9 Å². The predicted octanol–water partition coefficient (Wildman–Crippen LogP) is 2.20. The van der Waals surface area contributed by atoms with Gasteiger partial charge in [-0.15, -0.1) is 0 Å². The zero-order chi connectivity index (χ0) is 47.2. The van der Waals surface area contributed by atoms with E-state index in [2.05, 4.69) is 10.6 Å². The number of amides is 10. The number of imide groups is 1. The number of carbonyl (C=O) groups is 8. The molecule has 18 nitrogen and oxygen atoms in total. The summed E-state index contributed by atoms with van der Waals surface area (Å²) in [6, 6.07) is 1.80. The highest BCUT2D eigenvalue weighted by molar-refractivity contribution is 6.06. The highest BCUT2D eigenvalue weighted by Gasteiger charge is 2.39. The molecule has 6 N–H and O–H groups in total. The molecule has 0 spiro atoms. The highest BCUT2D eigenvalue weighted by Crippen LogP contribution is 2.20. The molecule has 1 aromatic rings. The van der Waals surface area contributed by atoms with E-state index >= 15 is 0 Å². The molecule has 62 heavy (non-hydrogen) atoms. The minimum absolute atomic E-state index is 0.0140. The molecular formula is C44H74N10O8. The number of piperidine rings is 1. The molecular weight excluding hydrogens is 797 g/mol. The van der Waals surface area contributed by atoms with Gasteiger partial charge in [-0.1, -0.05) is 71.9 Å². The normalized spacial score (nSPS) is 15.7. The fourth-order valence-corrected chi connectivity index (χ4v) is 7.39. The Labute approximate surface area is 368 Å². The fourth-order valence-electron chi connectivity index (χ4n) is 7.39. The summed E-state index contributed by atoms with van der Waals surface area (Å²) in [5, 5.41) is 5.28. The quantitative estimate of drug-likeness (QED) is 0.111. The zero-order valence-electron chi connectivity index (χ0n) is 39.1. The standard InChI is InChI=1S/C44H74N10O8/c1-27(2)23-32(37(46)55)52(11)44(62)53(12)35(25-29(5)6)47-39(57)33(26-31-19-15-13-16-20-31)50(9)40(58)34(24-28(3)4)51(10)43(61)48-38(56)30(7)49(8)41(59)36(45)42(60)54-21-17-14-18-22-54/h13,15-16,19-20,27-30,32-36H,14,17-18,21-26,45H2,1-12H3,(H2,46,55)(H,47,57)(H,48,56,61)/t30-,32-,33-,34-,35+,36-/m0/s1. The molecule has 1 fully saturated rings. The van der Waals surface area contributed by atoms with E-state index < -0.39 is 83.9 Å². The number of benzene rings is 1. The van der Waals surface area contributed by atoms with Gasteiger partial charge in [0.2, 0.25) is 35.4 Å². The molecule has 0 saturated carbocycles. The van der Waals surface area contributed by atoms with Crippen molar-refractivity contribution in [1.82, 2.24) is 40.0 Å². The van der Waals surface area contributed by atoms with Gasteiger partial charge in [0.1, 0.15) is 30.3 Å². The van der Waals surface area contributed by atoms with E-state index in [1.807, 2.05) is 71.9 Å². The van der Waals surface area contributed by atoms with E-state index in [4.69, 9.17) is 11.5 Å². The molecule has 6 atom stereocenters. The number of likely N-dealkylation sites (tertiary alicyclic amines) is 1. The average Bonchev–Trinajstić information content (AvgIpc) is 3.23. The van der Waals surface area contributed by atoms with Crippen molar-refractivity contribution >= 4 is 47.5 Å². The van der Waals surface area contributed by atoms with Gasteiger partial charge in [-0.3, -0.25) is 34.1 Å². The third-order valence-electron chi connectivity index (χ3n) is 11.5. The van der Waals surface area contributed by atoms with Gasteiger partial charge in [-0.25, -0.2) is 9.59 Å². The van der Waals surface area contributed by atoms with Crippen LogP contribution in [0.4, 0.5) is 9.59 Å². The number of rotatable bonds is 20. The molecule has 1 saturated heterocycles. The van der Waals surface area contributed by atoms with Gasteiger partial charge in [0, 0.05) is 54.7 Å². The number of nitrogens with one attached hydrogen (secondary N) is 2. The molecule has 0 bridgehead atoms. The van der Waals surface area contributed by atoms with Gasteiger partial charge < -0.3 is 46.2 Å². The summed E-state index contributed by atoms with van der Waals surface area (Å²) in [4.78, 5) is 116. The average molecular weight is 871 g/mol. The van der Waals surface area contributed by atoms with Gasteiger partial charge >= 0.3 is 12.1 Å². The van der Waals surface area contributed by atoms with E-state index in [-0.39, 0.29) is 30.6 Å². The van der Waals surface area contributed by atoms with Crippen molar-refractivity contribution in [2.45, 2.75) is 130 Å². The first-order valence-electron chi connectivity index (χ1n) is 21.7. The summed E-state index contributed by atoms with van der Waals surface area (Å²) in [6.45, 7) is 13.8. The Kier molecular flexibility index (Phi) is 20.8. The molecule has 0 unspecified atom stereocenters. The second-order valence-corrected chi connectivity index (χ2v) is 17.9. The van der Waals surface area contributed by atoms with E-state index in [1.165, 1.54) is 56.9 Å². The summed E-state index contributed by atoms with van der Waals surface area (Å²) >= 11 is 0. The van der Waals surface area contributed by atoms with Gasteiger partial charge in [-0.05, 0) is 68.8 Å². The van der Waals surface area contributed by atoms with E-state index in [0.717, 1.165) is 34.6 Å². The Balaban J connectivity index is 2.38. The van der Waals surface area contributed by atoms with Crippen LogP contribution in [0.15, 0.2) is 30.3 Å². The van der Waals surface area contributed by atoms with Crippen LogP contribution in [0.1, 0.15) is 92.6 Å². The van der Waals surface area contributed by atoms with Crippen molar-refractivity contribution in [3.8, 4) is 0 Å². The van der Waals surface area contributed by atoms with Crippen LogP contribution in [0.5, 0.6) is 0 Å². The van der Waals surface area contributed by atoms with Gasteiger partial charge in [-0.2, -0.15) is 0 Å². The van der Waals surface area contributed by atoms with Crippen molar-refractivity contribution in [2.75, 3.05) is 48.3 Å². The van der Waals surface area contributed by atoms with E-state index in [9.17, 15) is 38.4 Å². The number of hydrogen-bond acceptors (Lipinski definition) is 9. The van der Waals surface area contributed by atoms with Crippen molar-refractivity contribution in [3.63, 3.8) is 0 Å². The number of urea groups is 2. The Morgan fingerprint density at radius 2 is 1.16 bits per heavy atom. The van der Waals surface area contributed by atoms with Crippen LogP contribution in [0.3, 0.4) is 0 Å². The van der Waals surface area contributed by atoms with Gasteiger partial charge in [0.05, 0.1) is 0 Å².